The van der Waals surface area contributed by atoms with E-state index in [1.54, 1.807) is 17.4 Å². The first-order valence-electron chi connectivity index (χ1n) is 3.59. The Morgan fingerprint density at radius 2 is 2.08 bits per heavy atom. The molecule has 0 aliphatic rings. The smallest absolute Gasteiger partial charge is 0.130 e. The number of thiol groups is 1. The molecule has 62 valence electrons. The second kappa shape index (κ2) is 2.68. The molecule has 1 N–H and O–H groups in total. The lowest BCUT2D eigenvalue weighted by molar-refractivity contribution is 0.464. The number of phenolic OH excluding ortho intramolecular Hbond substituents is 1. The molecule has 1 nitrogen and oxygen atoms in total. The van der Waals surface area contributed by atoms with Crippen LogP contribution in [0.15, 0.2) is 23.1 Å². The minimum Gasteiger partial charge on any atom is -0.507 e. The second-order valence-corrected chi connectivity index (χ2v) is 4.51. The van der Waals surface area contributed by atoms with E-state index in [2.05, 4.69) is 25.6 Å². The SMILES string of the molecule is Cc1cc2cc(S)c(O)cc2s1. The van der Waals surface area contributed by atoms with Crippen LogP contribution in [0, 0.1) is 6.92 Å². The molecule has 1 heterocycles. The van der Waals surface area contributed by atoms with E-state index < -0.39 is 0 Å². The summed E-state index contributed by atoms with van der Waals surface area (Å²) in [4.78, 5) is 1.89. The maximum absolute atomic E-state index is 9.36. The van der Waals surface area contributed by atoms with E-state index in [0.29, 0.717) is 4.90 Å². The minimum atomic E-state index is 0.257. The van der Waals surface area contributed by atoms with Gasteiger partial charge in [-0.1, -0.05) is 0 Å². The molecule has 0 unspecified atom stereocenters. The van der Waals surface area contributed by atoms with Crippen LogP contribution in [0.4, 0.5) is 0 Å². The molecule has 0 amide bonds. The topological polar surface area (TPSA) is 20.2 Å². The van der Waals surface area contributed by atoms with Gasteiger partial charge >= 0.3 is 0 Å². The Morgan fingerprint density at radius 3 is 2.83 bits per heavy atom. The number of aryl methyl sites for hydroxylation is 1. The summed E-state index contributed by atoms with van der Waals surface area (Å²) in [5, 5.41) is 10.5. The molecular weight excluding hydrogens is 188 g/mol. The van der Waals surface area contributed by atoms with E-state index in [-0.39, 0.29) is 5.75 Å². The van der Waals surface area contributed by atoms with Crippen LogP contribution in [0.2, 0.25) is 0 Å². The normalized spacial score (nSPS) is 10.8. The summed E-state index contributed by atoms with van der Waals surface area (Å²) in [6, 6.07) is 5.74. The molecule has 2 aromatic rings. The largest absolute Gasteiger partial charge is 0.507 e. The molecule has 0 spiro atoms. The van der Waals surface area contributed by atoms with Crippen LogP contribution in [0.5, 0.6) is 5.75 Å². The first-order valence-corrected chi connectivity index (χ1v) is 4.85. The third-order valence-electron chi connectivity index (χ3n) is 1.74. The van der Waals surface area contributed by atoms with Gasteiger partial charge in [0.2, 0.25) is 0 Å². The Balaban J connectivity index is 2.83. The summed E-state index contributed by atoms with van der Waals surface area (Å²) in [6.45, 7) is 2.06. The standard InChI is InChI=1S/C9H8OS2/c1-5-2-6-3-8(11)7(10)4-9(6)12-5/h2-4,10-11H,1H3. The summed E-state index contributed by atoms with van der Waals surface area (Å²) < 4.78 is 1.11. The number of aromatic hydroxyl groups is 1. The summed E-state index contributed by atoms with van der Waals surface area (Å²) in [7, 11) is 0. The number of rotatable bonds is 0. The van der Waals surface area contributed by atoms with Crippen LogP contribution in [0.3, 0.4) is 0 Å². The lowest BCUT2D eigenvalue weighted by atomic mass is 10.2. The lowest BCUT2D eigenvalue weighted by Crippen LogP contribution is -1.68. The van der Waals surface area contributed by atoms with Gasteiger partial charge in [-0.05, 0) is 30.5 Å². The van der Waals surface area contributed by atoms with Crippen molar-refractivity contribution < 1.29 is 5.11 Å². The summed E-state index contributed by atoms with van der Waals surface area (Å²) in [6.07, 6.45) is 0. The summed E-state index contributed by atoms with van der Waals surface area (Å²) in [5.41, 5.74) is 0. The van der Waals surface area contributed by atoms with E-state index in [1.807, 2.05) is 6.07 Å². The van der Waals surface area contributed by atoms with E-state index in [1.165, 1.54) is 4.88 Å². The van der Waals surface area contributed by atoms with Gasteiger partial charge in [0.15, 0.2) is 0 Å². The zero-order chi connectivity index (χ0) is 8.72. The van der Waals surface area contributed by atoms with Crippen molar-refractivity contribution in [3.8, 4) is 5.75 Å². The predicted molar refractivity (Wildman–Crippen MR) is 55.5 cm³/mol. The van der Waals surface area contributed by atoms with Gasteiger partial charge in [0, 0.05) is 14.5 Å². The fourth-order valence-corrected chi connectivity index (χ4v) is 2.34. The number of benzene rings is 1. The van der Waals surface area contributed by atoms with Gasteiger partial charge in [-0.25, -0.2) is 0 Å². The zero-order valence-electron chi connectivity index (χ0n) is 6.53. The highest BCUT2D eigenvalue weighted by Gasteiger charge is 2.02. The molecule has 0 aliphatic carbocycles. The number of thiophene rings is 1. The number of fused-ring (bicyclic) bond motifs is 1. The highest BCUT2D eigenvalue weighted by atomic mass is 32.1. The molecule has 12 heavy (non-hydrogen) atoms. The number of hydrogen-bond donors (Lipinski definition) is 2. The Morgan fingerprint density at radius 1 is 1.33 bits per heavy atom. The maximum Gasteiger partial charge on any atom is 0.130 e. The van der Waals surface area contributed by atoms with Gasteiger partial charge in [-0.15, -0.1) is 24.0 Å². The Kier molecular flexibility index (Phi) is 1.77. The zero-order valence-corrected chi connectivity index (χ0v) is 8.25. The van der Waals surface area contributed by atoms with Gasteiger partial charge in [0.1, 0.15) is 5.75 Å². The molecule has 3 heteroatoms. The van der Waals surface area contributed by atoms with Crippen molar-refractivity contribution in [1.82, 2.24) is 0 Å². The average molecular weight is 196 g/mol. The molecule has 0 saturated heterocycles. The molecule has 0 bridgehead atoms. The Hall–Kier alpha value is -0.670. The van der Waals surface area contributed by atoms with E-state index in [4.69, 9.17) is 0 Å². The molecule has 1 aromatic carbocycles. The first-order chi connectivity index (χ1) is 5.66. The van der Waals surface area contributed by atoms with E-state index in [9.17, 15) is 5.11 Å². The molecule has 2 rings (SSSR count). The molecule has 0 atom stereocenters. The van der Waals surface area contributed by atoms with Crippen LogP contribution in [0.1, 0.15) is 4.88 Å². The molecule has 0 radical (unpaired) electrons. The van der Waals surface area contributed by atoms with Gasteiger partial charge in [0.05, 0.1) is 0 Å². The second-order valence-electron chi connectivity index (χ2n) is 2.74. The molecule has 0 saturated carbocycles. The quantitative estimate of drug-likeness (QED) is 0.620. The van der Waals surface area contributed by atoms with Crippen LogP contribution in [-0.2, 0) is 0 Å². The number of hydrogen-bond acceptors (Lipinski definition) is 3. The van der Waals surface area contributed by atoms with Gasteiger partial charge in [-0.2, -0.15) is 0 Å². The number of phenols is 1. The van der Waals surface area contributed by atoms with Crippen molar-refractivity contribution in [1.29, 1.82) is 0 Å². The summed E-state index contributed by atoms with van der Waals surface area (Å²) >= 11 is 5.82. The summed E-state index contributed by atoms with van der Waals surface area (Å²) in [5.74, 6) is 0.257. The van der Waals surface area contributed by atoms with Crippen LogP contribution in [0.25, 0.3) is 10.1 Å². The van der Waals surface area contributed by atoms with Crippen molar-refractivity contribution in [2.24, 2.45) is 0 Å². The predicted octanol–water partition coefficient (Wildman–Crippen LogP) is 3.20. The fourth-order valence-electron chi connectivity index (χ4n) is 1.20. The van der Waals surface area contributed by atoms with Gasteiger partial charge in [0.25, 0.3) is 0 Å². The molecular formula is C9H8OS2. The Bertz CT molecular complexity index is 392. The highest BCUT2D eigenvalue weighted by Crippen LogP contribution is 2.32. The van der Waals surface area contributed by atoms with Crippen molar-refractivity contribution in [2.45, 2.75) is 11.8 Å². The molecule has 0 aliphatic heterocycles. The van der Waals surface area contributed by atoms with E-state index in [0.717, 1.165) is 10.1 Å². The average Bonchev–Trinajstić information content (AvgIpc) is 2.30. The highest BCUT2D eigenvalue weighted by molar-refractivity contribution is 7.80. The Labute approximate surface area is 80.1 Å². The minimum absolute atomic E-state index is 0.257. The van der Waals surface area contributed by atoms with Gasteiger partial charge < -0.3 is 5.11 Å². The van der Waals surface area contributed by atoms with Crippen molar-refractivity contribution in [3.63, 3.8) is 0 Å². The van der Waals surface area contributed by atoms with Crippen LogP contribution >= 0.6 is 24.0 Å². The monoisotopic (exact) mass is 196 g/mol. The van der Waals surface area contributed by atoms with Crippen molar-refractivity contribution in [3.05, 3.63) is 23.1 Å². The fraction of sp³-hybridized carbons (Fsp3) is 0.111. The van der Waals surface area contributed by atoms with Crippen molar-refractivity contribution >= 4 is 34.1 Å². The molecule has 1 aromatic heterocycles. The third-order valence-corrected chi connectivity index (χ3v) is 3.11. The molecule has 0 fully saturated rings. The third kappa shape index (κ3) is 1.19. The van der Waals surface area contributed by atoms with Crippen LogP contribution in [-0.4, -0.2) is 5.11 Å². The van der Waals surface area contributed by atoms with Crippen molar-refractivity contribution in [2.75, 3.05) is 0 Å². The van der Waals surface area contributed by atoms with Gasteiger partial charge in [-0.3, -0.25) is 0 Å². The van der Waals surface area contributed by atoms with E-state index >= 15 is 0 Å². The van der Waals surface area contributed by atoms with Crippen LogP contribution < -0.4 is 0 Å². The lowest BCUT2D eigenvalue weighted by Gasteiger charge is -1.95. The maximum atomic E-state index is 9.36. The first kappa shape index (κ1) is 7.95.